The molecule has 1 aromatic heterocycles. The van der Waals surface area contributed by atoms with Gasteiger partial charge in [-0.1, -0.05) is 31.2 Å². The van der Waals surface area contributed by atoms with Crippen molar-refractivity contribution in [1.29, 1.82) is 0 Å². The second-order valence-electron chi connectivity index (χ2n) is 5.35. The molecule has 0 saturated carbocycles. The van der Waals surface area contributed by atoms with E-state index in [-0.39, 0.29) is 0 Å². The monoisotopic (exact) mass is 287 g/mol. The van der Waals surface area contributed by atoms with Crippen LogP contribution in [0.4, 0.5) is 0 Å². The van der Waals surface area contributed by atoms with Gasteiger partial charge >= 0.3 is 0 Å². The molecule has 0 spiro atoms. The Hall–Kier alpha value is -1.65. The molecular formula is C17H25N3O. The summed E-state index contributed by atoms with van der Waals surface area (Å²) >= 11 is 0. The molecule has 1 aromatic carbocycles. The maximum atomic E-state index is 5.48. The van der Waals surface area contributed by atoms with Gasteiger partial charge in [0.25, 0.3) is 0 Å². The Morgan fingerprint density at radius 2 is 2.19 bits per heavy atom. The van der Waals surface area contributed by atoms with Gasteiger partial charge in [-0.3, -0.25) is 0 Å². The van der Waals surface area contributed by atoms with Gasteiger partial charge < -0.3 is 14.6 Å². The summed E-state index contributed by atoms with van der Waals surface area (Å²) < 4.78 is 7.78. The highest BCUT2D eigenvalue weighted by Gasteiger charge is 2.08. The van der Waals surface area contributed by atoms with E-state index in [4.69, 9.17) is 9.72 Å². The van der Waals surface area contributed by atoms with Gasteiger partial charge in [0.1, 0.15) is 5.82 Å². The summed E-state index contributed by atoms with van der Waals surface area (Å²) in [6, 6.07) is 8.31. The summed E-state index contributed by atoms with van der Waals surface area (Å²) in [5.74, 6) is 1.10. The van der Waals surface area contributed by atoms with Crippen LogP contribution < -0.4 is 5.32 Å². The second kappa shape index (κ2) is 7.96. The molecule has 21 heavy (non-hydrogen) atoms. The molecule has 0 aliphatic carbocycles. The summed E-state index contributed by atoms with van der Waals surface area (Å²) in [5, 5.41) is 3.40. The number of nitrogens with one attached hydrogen (secondary N) is 1. The predicted octanol–water partition coefficient (Wildman–Crippen LogP) is 3.13. The maximum absolute atomic E-state index is 5.48. The maximum Gasteiger partial charge on any atom is 0.123 e. The van der Waals surface area contributed by atoms with E-state index in [0.29, 0.717) is 13.2 Å². The number of aromatic nitrogens is 2. The van der Waals surface area contributed by atoms with Crippen LogP contribution >= 0.6 is 0 Å². The molecule has 4 nitrogen and oxygen atoms in total. The zero-order valence-corrected chi connectivity index (χ0v) is 13.1. The van der Waals surface area contributed by atoms with Gasteiger partial charge in [-0.05, 0) is 25.5 Å². The van der Waals surface area contributed by atoms with Crippen molar-refractivity contribution in [3.05, 3.63) is 42.2 Å². The molecule has 1 N–H and O–H groups in total. The fourth-order valence-electron chi connectivity index (χ4n) is 2.32. The first-order chi connectivity index (χ1) is 10.2. The lowest BCUT2D eigenvalue weighted by molar-refractivity contribution is 0.157. The lowest BCUT2D eigenvalue weighted by atomic mass is 10.3. The van der Waals surface area contributed by atoms with Crippen molar-refractivity contribution >= 4 is 11.0 Å². The standard InChI is InChI=1S/C17H25N3O/c1-4-10-20-16-8-6-5-7-15(16)19-17(20)12-18-9-11-21-13-14(2)3/h5-8,18H,2,4,9-13H2,1,3H3. The molecule has 0 bridgehead atoms. The van der Waals surface area contributed by atoms with Crippen LogP contribution in [0.15, 0.2) is 36.4 Å². The third-order valence-corrected chi connectivity index (χ3v) is 3.24. The molecule has 2 rings (SSSR count). The summed E-state index contributed by atoms with van der Waals surface area (Å²) in [6.45, 7) is 11.9. The molecule has 0 radical (unpaired) electrons. The van der Waals surface area contributed by atoms with Crippen molar-refractivity contribution in [2.75, 3.05) is 19.8 Å². The van der Waals surface area contributed by atoms with E-state index in [2.05, 4.69) is 41.6 Å². The third-order valence-electron chi connectivity index (χ3n) is 3.24. The Bertz CT molecular complexity index is 589. The second-order valence-corrected chi connectivity index (χ2v) is 5.35. The summed E-state index contributed by atoms with van der Waals surface area (Å²) in [6.07, 6.45) is 1.11. The van der Waals surface area contributed by atoms with Crippen molar-refractivity contribution in [3.63, 3.8) is 0 Å². The van der Waals surface area contributed by atoms with E-state index in [1.807, 2.05) is 13.0 Å². The smallest absolute Gasteiger partial charge is 0.123 e. The fourth-order valence-corrected chi connectivity index (χ4v) is 2.32. The van der Waals surface area contributed by atoms with Crippen molar-refractivity contribution in [2.24, 2.45) is 0 Å². The van der Waals surface area contributed by atoms with Crippen LogP contribution in [0.1, 0.15) is 26.1 Å². The number of imidazole rings is 1. The zero-order valence-electron chi connectivity index (χ0n) is 13.1. The van der Waals surface area contributed by atoms with Gasteiger partial charge in [0.15, 0.2) is 0 Å². The average molecular weight is 287 g/mol. The van der Waals surface area contributed by atoms with E-state index >= 15 is 0 Å². The zero-order chi connectivity index (χ0) is 15.1. The normalized spacial score (nSPS) is 11.1. The minimum Gasteiger partial charge on any atom is -0.376 e. The molecule has 1 heterocycles. The molecule has 0 saturated heterocycles. The molecule has 2 aromatic rings. The summed E-state index contributed by atoms with van der Waals surface area (Å²) in [4.78, 5) is 4.72. The number of hydrogen-bond donors (Lipinski definition) is 1. The number of rotatable bonds is 9. The minimum absolute atomic E-state index is 0.635. The minimum atomic E-state index is 0.635. The van der Waals surface area contributed by atoms with E-state index in [9.17, 15) is 0 Å². The SMILES string of the molecule is C=C(C)COCCNCc1nc2ccccc2n1CCC. The van der Waals surface area contributed by atoms with E-state index in [1.54, 1.807) is 0 Å². The number of para-hydroxylation sites is 2. The van der Waals surface area contributed by atoms with Gasteiger partial charge in [-0.15, -0.1) is 0 Å². The Morgan fingerprint density at radius 3 is 2.95 bits per heavy atom. The predicted molar refractivity (Wildman–Crippen MR) is 87.4 cm³/mol. The molecule has 0 fully saturated rings. The molecule has 114 valence electrons. The lowest BCUT2D eigenvalue weighted by Gasteiger charge is -2.09. The van der Waals surface area contributed by atoms with E-state index in [1.165, 1.54) is 5.52 Å². The van der Waals surface area contributed by atoms with Gasteiger partial charge in [0.2, 0.25) is 0 Å². The Kier molecular flexibility index (Phi) is 5.96. The van der Waals surface area contributed by atoms with Crippen LogP contribution in [0.2, 0.25) is 0 Å². The van der Waals surface area contributed by atoms with Crippen LogP contribution in [-0.4, -0.2) is 29.3 Å². The highest BCUT2D eigenvalue weighted by molar-refractivity contribution is 5.75. The van der Waals surface area contributed by atoms with Gasteiger partial charge in [-0.25, -0.2) is 4.98 Å². The molecule has 0 unspecified atom stereocenters. The van der Waals surface area contributed by atoms with Crippen LogP contribution in [-0.2, 0) is 17.8 Å². The summed E-state index contributed by atoms with van der Waals surface area (Å²) in [7, 11) is 0. The molecule has 0 aliphatic rings. The highest BCUT2D eigenvalue weighted by Crippen LogP contribution is 2.16. The van der Waals surface area contributed by atoms with Crippen molar-refractivity contribution < 1.29 is 4.74 Å². The van der Waals surface area contributed by atoms with Crippen LogP contribution in [0, 0.1) is 0 Å². The van der Waals surface area contributed by atoms with E-state index in [0.717, 1.165) is 43.0 Å². The van der Waals surface area contributed by atoms with Gasteiger partial charge in [-0.2, -0.15) is 0 Å². The Morgan fingerprint density at radius 1 is 1.38 bits per heavy atom. The van der Waals surface area contributed by atoms with Crippen molar-refractivity contribution in [1.82, 2.24) is 14.9 Å². The first-order valence-corrected chi connectivity index (χ1v) is 7.59. The molecule has 0 atom stereocenters. The fraction of sp³-hybridized carbons (Fsp3) is 0.471. The van der Waals surface area contributed by atoms with Crippen LogP contribution in [0.3, 0.4) is 0 Å². The number of fused-ring (bicyclic) bond motifs is 1. The topological polar surface area (TPSA) is 39.1 Å². The molecular weight excluding hydrogens is 262 g/mol. The Balaban J connectivity index is 1.91. The number of aryl methyl sites for hydroxylation is 1. The van der Waals surface area contributed by atoms with Crippen molar-refractivity contribution in [2.45, 2.75) is 33.4 Å². The number of hydrogen-bond acceptors (Lipinski definition) is 3. The van der Waals surface area contributed by atoms with Crippen molar-refractivity contribution in [3.8, 4) is 0 Å². The largest absolute Gasteiger partial charge is 0.376 e. The number of benzene rings is 1. The lowest BCUT2D eigenvalue weighted by Crippen LogP contribution is -2.22. The highest BCUT2D eigenvalue weighted by atomic mass is 16.5. The quantitative estimate of drug-likeness (QED) is 0.569. The van der Waals surface area contributed by atoms with Crippen LogP contribution in [0.25, 0.3) is 11.0 Å². The number of nitrogens with zero attached hydrogens (tertiary/aromatic N) is 2. The van der Waals surface area contributed by atoms with E-state index < -0.39 is 0 Å². The molecule has 4 heteroatoms. The van der Waals surface area contributed by atoms with Gasteiger partial charge in [0.05, 0.1) is 30.8 Å². The first-order valence-electron chi connectivity index (χ1n) is 7.59. The van der Waals surface area contributed by atoms with Gasteiger partial charge in [0, 0.05) is 13.1 Å². The Labute approximate surface area is 126 Å². The number of ether oxygens (including phenoxy) is 1. The molecule has 0 aliphatic heterocycles. The third kappa shape index (κ3) is 4.41. The summed E-state index contributed by atoms with van der Waals surface area (Å²) in [5.41, 5.74) is 3.34. The first kappa shape index (κ1) is 15.7. The van der Waals surface area contributed by atoms with Crippen LogP contribution in [0.5, 0.6) is 0 Å². The molecule has 0 amide bonds. The average Bonchev–Trinajstić information content (AvgIpc) is 2.81.